The second-order valence-corrected chi connectivity index (χ2v) is 10.1. The fourth-order valence-electron chi connectivity index (χ4n) is 5.78. The summed E-state index contributed by atoms with van der Waals surface area (Å²) in [6.07, 6.45) is 8.16. The maximum atomic E-state index is 13.1. The average molecular weight is 463 g/mol. The molecule has 6 atom stereocenters. The van der Waals surface area contributed by atoms with Crippen LogP contribution >= 0.6 is 0 Å². The minimum atomic E-state index is -0.238. The fourth-order valence-corrected chi connectivity index (χ4v) is 5.78. The van der Waals surface area contributed by atoms with Gasteiger partial charge >= 0.3 is 0 Å². The second-order valence-electron chi connectivity index (χ2n) is 10.1. The Balaban J connectivity index is 1.35. The van der Waals surface area contributed by atoms with Gasteiger partial charge in [0.05, 0.1) is 17.8 Å². The number of rotatable bonds is 6. The van der Waals surface area contributed by atoms with E-state index in [1.165, 1.54) is 0 Å². The van der Waals surface area contributed by atoms with E-state index in [0.29, 0.717) is 6.04 Å². The third kappa shape index (κ3) is 4.65. The van der Waals surface area contributed by atoms with E-state index in [2.05, 4.69) is 50.4 Å². The molecule has 0 spiro atoms. The SMILES string of the molecule is CC1CC(Nc2cc3ncccc3c(NC3C[C@H]4CCC[C@@H](C3)N4C(=O)C(C)CC#N)n2)NN1. The molecule has 0 aliphatic carbocycles. The highest BCUT2D eigenvalue weighted by Gasteiger charge is 2.42. The molecule has 3 saturated heterocycles. The number of carbonyl (C=O) groups excluding carboxylic acids is 1. The third-order valence-electron chi connectivity index (χ3n) is 7.40. The first kappa shape index (κ1) is 22.8. The molecule has 1 amide bonds. The van der Waals surface area contributed by atoms with Gasteiger partial charge in [-0.25, -0.2) is 10.4 Å². The lowest BCUT2D eigenvalue weighted by Crippen LogP contribution is -2.58. The minimum Gasteiger partial charge on any atom is -0.367 e. The van der Waals surface area contributed by atoms with Crippen molar-refractivity contribution >= 4 is 28.4 Å². The molecule has 2 aromatic heterocycles. The number of hydrogen-bond acceptors (Lipinski definition) is 8. The lowest BCUT2D eigenvalue weighted by Gasteiger charge is -2.49. The summed E-state index contributed by atoms with van der Waals surface area (Å²) in [5.74, 6) is 1.53. The van der Waals surface area contributed by atoms with Crippen LogP contribution in [0.5, 0.6) is 0 Å². The Kier molecular flexibility index (Phi) is 6.53. The Hall–Kier alpha value is -2.96. The molecular formula is C25H34N8O. The quantitative estimate of drug-likeness (QED) is 0.517. The van der Waals surface area contributed by atoms with Gasteiger partial charge in [0, 0.05) is 54.2 Å². The molecule has 3 aliphatic heterocycles. The van der Waals surface area contributed by atoms with Crippen molar-refractivity contribution < 1.29 is 4.79 Å². The van der Waals surface area contributed by atoms with E-state index in [-0.39, 0.29) is 42.5 Å². The summed E-state index contributed by atoms with van der Waals surface area (Å²) in [6.45, 7) is 4.02. The Morgan fingerprint density at radius 2 is 2.06 bits per heavy atom. The highest BCUT2D eigenvalue weighted by molar-refractivity contribution is 5.91. The predicted octanol–water partition coefficient (Wildman–Crippen LogP) is 3.13. The van der Waals surface area contributed by atoms with Crippen LogP contribution in [-0.4, -0.2) is 51.1 Å². The molecule has 180 valence electrons. The number of hydrazine groups is 1. The Morgan fingerprint density at radius 3 is 2.76 bits per heavy atom. The van der Waals surface area contributed by atoms with Crippen LogP contribution in [0.2, 0.25) is 0 Å². The van der Waals surface area contributed by atoms with E-state index in [1.807, 2.05) is 25.3 Å². The van der Waals surface area contributed by atoms with Gasteiger partial charge in [0.15, 0.2) is 0 Å². The topological polar surface area (TPSA) is 118 Å². The largest absolute Gasteiger partial charge is 0.367 e. The first-order chi connectivity index (χ1) is 16.5. The zero-order valence-corrected chi connectivity index (χ0v) is 19.9. The molecule has 4 unspecified atom stereocenters. The summed E-state index contributed by atoms with van der Waals surface area (Å²) in [4.78, 5) is 24.7. The highest BCUT2D eigenvalue weighted by Crippen LogP contribution is 2.37. The van der Waals surface area contributed by atoms with Gasteiger partial charge in [-0.3, -0.25) is 15.2 Å². The summed E-state index contributed by atoms with van der Waals surface area (Å²) in [5, 5.41) is 17.3. The first-order valence-electron chi connectivity index (χ1n) is 12.5. The van der Waals surface area contributed by atoms with E-state index in [0.717, 1.165) is 61.1 Å². The van der Waals surface area contributed by atoms with Crippen molar-refractivity contribution in [2.45, 2.75) is 89.1 Å². The lowest BCUT2D eigenvalue weighted by molar-refractivity contribution is -0.144. The molecule has 2 bridgehead atoms. The van der Waals surface area contributed by atoms with Crippen LogP contribution in [-0.2, 0) is 4.79 Å². The maximum Gasteiger partial charge on any atom is 0.226 e. The van der Waals surface area contributed by atoms with Crippen LogP contribution < -0.4 is 21.5 Å². The number of piperidine rings is 2. The van der Waals surface area contributed by atoms with Gasteiger partial charge in [0.2, 0.25) is 5.91 Å². The molecule has 9 heteroatoms. The van der Waals surface area contributed by atoms with Gasteiger partial charge in [0.25, 0.3) is 0 Å². The average Bonchev–Trinajstić information content (AvgIpc) is 3.22. The van der Waals surface area contributed by atoms with E-state index in [1.54, 1.807) is 0 Å². The van der Waals surface area contributed by atoms with Gasteiger partial charge in [-0.05, 0) is 57.6 Å². The van der Waals surface area contributed by atoms with Crippen molar-refractivity contribution in [2.24, 2.45) is 5.92 Å². The first-order valence-corrected chi connectivity index (χ1v) is 12.5. The highest BCUT2D eigenvalue weighted by atomic mass is 16.2. The van der Waals surface area contributed by atoms with Crippen molar-refractivity contribution in [1.29, 1.82) is 5.26 Å². The van der Waals surface area contributed by atoms with E-state index in [4.69, 9.17) is 10.2 Å². The van der Waals surface area contributed by atoms with Gasteiger partial charge in [-0.15, -0.1) is 0 Å². The predicted molar refractivity (Wildman–Crippen MR) is 132 cm³/mol. The fraction of sp³-hybridized carbons (Fsp3) is 0.600. The molecule has 3 aliphatic rings. The van der Waals surface area contributed by atoms with E-state index in [9.17, 15) is 4.79 Å². The van der Waals surface area contributed by atoms with Gasteiger partial charge < -0.3 is 15.5 Å². The molecule has 2 aromatic rings. The standard InChI is InChI=1S/C25H34N8O/c1-15(8-9-26)25(34)33-18-5-3-6-19(33)13-17(12-18)28-24-20-7-4-10-27-21(20)14-22(30-24)29-23-11-16(2)31-32-23/h4,7,10,14-19,23,31-32H,3,5-6,8,11-13H2,1-2H3,(H2,28,29,30)/t15?,16?,17?,18-,19+,23?. The molecule has 5 rings (SSSR count). The van der Waals surface area contributed by atoms with E-state index < -0.39 is 0 Å². The number of anilines is 2. The lowest BCUT2D eigenvalue weighted by atomic mass is 9.80. The van der Waals surface area contributed by atoms with Gasteiger partial charge in [0.1, 0.15) is 11.6 Å². The number of amides is 1. The molecule has 0 aromatic carbocycles. The maximum absolute atomic E-state index is 13.1. The van der Waals surface area contributed by atoms with Crippen molar-refractivity contribution in [3.05, 3.63) is 24.4 Å². The Bertz CT molecular complexity index is 1070. The smallest absolute Gasteiger partial charge is 0.226 e. The zero-order chi connectivity index (χ0) is 23.7. The van der Waals surface area contributed by atoms with Crippen LogP contribution in [0.15, 0.2) is 24.4 Å². The number of carbonyl (C=O) groups is 1. The Morgan fingerprint density at radius 1 is 1.26 bits per heavy atom. The monoisotopic (exact) mass is 462 g/mol. The van der Waals surface area contributed by atoms with Gasteiger partial charge in [-0.1, -0.05) is 6.92 Å². The van der Waals surface area contributed by atoms with Crippen LogP contribution in [0.1, 0.15) is 58.8 Å². The molecule has 0 radical (unpaired) electrons. The summed E-state index contributed by atoms with van der Waals surface area (Å²) < 4.78 is 0. The van der Waals surface area contributed by atoms with Gasteiger partial charge in [-0.2, -0.15) is 5.26 Å². The number of hydrogen-bond donors (Lipinski definition) is 4. The summed E-state index contributed by atoms with van der Waals surface area (Å²) in [5.41, 5.74) is 7.40. The number of nitrogens with zero attached hydrogens (tertiary/aromatic N) is 4. The van der Waals surface area contributed by atoms with Crippen molar-refractivity contribution in [1.82, 2.24) is 25.7 Å². The summed E-state index contributed by atoms with van der Waals surface area (Å²) >= 11 is 0. The second kappa shape index (κ2) is 9.72. The van der Waals surface area contributed by atoms with Crippen LogP contribution in [0.3, 0.4) is 0 Å². The summed E-state index contributed by atoms with van der Waals surface area (Å²) in [6, 6.07) is 9.24. The number of nitrogens with one attached hydrogen (secondary N) is 4. The number of fused-ring (bicyclic) bond motifs is 3. The van der Waals surface area contributed by atoms with Crippen molar-refractivity contribution in [3.8, 4) is 6.07 Å². The Labute approximate surface area is 200 Å². The molecular weight excluding hydrogens is 428 g/mol. The minimum absolute atomic E-state index is 0.112. The normalized spacial score (nSPS) is 29.4. The number of aromatic nitrogens is 2. The summed E-state index contributed by atoms with van der Waals surface area (Å²) in [7, 11) is 0. The molecule has 5 heterocycles. The molecule has 0 saturated carbocycles. The van der Waals surface area contributed by atoms with Crippen molar-refractivity contribution in [2.75, 3.05) is 10.6 Å². The van der Waals surface area contributed by atoms with Crippen LogP contribution in [0.4, 0.5) is 11.6 Å². The number of nitriles is 1. The molecule has 34 heavy (non-hydrogen) atoms. The molecule has 9 nitrogen and oxygen atoms in total. The number of pyridine rings is 2. The van der Waals surface area contributed by atoms with Crippen LogP contribution in [0, 0.1) is 17.2 Å². The zero-order valence-electron chi connectivity index (χ0n) is 19.9. The molecule has 4 N–H and O–H groups in total. The van der Waals surface area contributed by atoms with Crippen molar-refractivity contribution in [3.63, 3.8) is 0 Å². The van der Waals surface area contributed by atoms with Crippen LogP contribution in [0.25, 0.3) is 10.9 Å². The van der Waals surface area contributed by atoms with E-state index >= 15 is 0 Å². The third-order valence-corrected chi connectivity index (χ3v) is 7.40. The molecule has 3 fully saturated rings.